The Labute approximate surface area is 166 Å². The summed E-state index contributed by atoms with van der Waals surface area (Å²) in [7, 11) is 2.16. The molecule has 4 heterocycles. The molecule has 140 valence electrons. The van der Waals surface area contributed by atoms with Crippen molar-refractivity contribution in [1.82, 2.24) is 14.7 Å². The molecule has 2 N–H and O–H groups in total. The number of hydrogen-bond acceptors (Lipinski definition) is 6. The number of hydrogen-bond donors (Lipinski definition) is 2. The summed E-state index contributed by atoms with van der Waals surface area (Å²) >= 11 is 6.24. The molecule has 0 aromatic carbocycles. The number of pyridine rings is 1. The minimum Gasteiger partial charge on any atom is -0.345 e. The second-order valence-corrected chi connectivity index (χ2v) is 8.55. The zero-order valence-electron chi connectivity index (χ0n) is 15.1. The van der Waals surface area contributed by atoms with E-state index in [4.69, 9.17) is 17.2 Å². The second-order valence-electron chi connectivity index (χ2n) is 6.84. The summed E-state index contributed by atoms with van der Waals surface area (Å²) in [5, 5.41) is 2.60. The average Bonchev–Trinajstić information content (AvgIpc) is 2.96. The third-order valence-corrected chi connectivity index (χ3v) is 6.06. The molecule has 1 amide bonds. The van der Waals surface area contributed by atoms with Gasteiger partial charge in [-0.05, 0) is 24.6 Å². The van der Waals surface area contributed by atoms with Gasteiger partial charge in [-0.1, -0.05) is 30.0 Å². The van der Waals surface area contributed by atoms with Gasteiger partial charge in [0.2, 0.25) is 0 Å². The van der Waals surface area contributed by atoms with Crippen LogP contribution in [0.2, 0.25) is 0 Å². The summed E-state index contributed by atoms with van der Waals surface area (Å²) in [6.07, 6.45) is 3.34. The monoisotopic (exact) mass is 402 g/mol. The molecule has 27 heavy (non-hydrogen) atoms. The molecule has 2 aliphatic rings. The van der Waals surface area contributed by atoms with Crippen LogP contribution in [0.4, 0.5) is 5.82 Å². The lowest BCUT2D eigenvalue weighted by Gasteiger charge is -2.31. The quantitative estimate of drug-likeness (QED) is 0.537. The molecule has 2 aliphatic heterocycles. The Bertz CT molecular complexity index is 1040. The number of nitrogens with zero attached hydrogens (tertiary/aromatic N) is 3. The van der Waals surface area contributed by atoms with Crippen LogP contribution < -0.4 is 20.7 Å². The van der Waals surface area contributed by atoms with Gasteiger partial charge < -0.3 is 15.1 Å². The standard InChI is InChI=1S/C18H19N5O2S2/c1-11-4-3-5-23-14(11)19-15(22-8-6-21(2)7-9-22)12(17(23)25)10-13-16(24)20-18(26)27-13/h3-5,10H,6-9H2,1-2H3,(H,20,24,26)/p+1/b13-10+. The number of rotatable bonds is 2. The van der Waals surface area contributed by atoms with Crippen molar-refractivity contribution >= 4 is 51.7 Å². The number of aromatic nitrogens is 2. The summed E-state index contributed by atoms with van der Waals surface area (Å²) in [5.41, 5.74) is 1.83. The number of piperazine rings is 1. The molecule has 7 nitrogen and oxygen atoms in total. The van der Waals surface area contributed by atoms with Crippen LogP contribution in [0.15, 0.2) is 28.0 Å². The van der Waals surface area contributed by atoms with Gasteiger partial charge >= 0.3 is 0 Å². The van der Waals surface area contributed by atoms with Crippen LogP contribution in [0.5, 0.6) is 0 Å². The minimum atomic E-state index is -0.271. The zero-order valence-corrected chi connectivity index (χ0v) is 16.7. The van der Waals surface area contributed by atoms with E-state index in [1.807, 2.05) is 19.1 Å². The predicted octanol–water partition coefficient (Wildman–Crippen LogP) is -0.174. The fourth-order valence-electron chi connectivity index (χ4n) is 3.32. The molecule has 0 radical (unpaired) electrons. The van der Waals surface area contributed by atoms with Gasteiger partial charge in [-0.15, -0.1) is 0 Å². The fraction of sp³-hybridized carbons (Fsp3) is 0.333. The van der Waals surface area contributed by atoms with E-state index in [1.165, 1.54) is 16.7 Å². The van der Waals surface area contributed by atoms with Gasteiger partial charge in [-0.2, -0.15) is 0 Å². The van der Waals surface area contributed by atoms with Crippen molar-refractivity contribution in [3.63, 3.8) is 0 Å². The molecule has 4 rings (SSSR count). The highest BCUT2D eigenvalue weighted by Gasteiger charge is 2.27. The Morgan fingerprint density at radius 2 is 2.07 bits per heavy atom. The van der Waals surface area contributed by atoms with E-state index in [0.29, 0.717) is 26.3 Å². The number of nitrogens with one attached hydrogen (secondary N) is 2. The Hall–Kier alpha value is -2.23. The maximum atomic E-state index is 13.3. The van der Waals surface area contributed by atoms with Crippen molar-refractivity contribution in [2.75, 3.05) is 38.1 Å². The Morgan fingerprint density at radius 1 is 1.33 bits per heavy atom. The van der Waals surface area contributed by atoms with E-state index in [-0.39, 0.29) is 11.5 Å². The molecule has 2 aromatic rings. The molecule has 0 atom stereocenters. The highest BCUT2D eigenvalue weighted by molar-refractivity contribution is 8.26. The number of carbonyl (C=O) groups is 1. The summed E-state index contributed by atoms with van der Waals surface area (Å²) in [5.74, 6) is 0.369. The van der Waals surface area contributed by atoms with Crippen molar-refractivity contribution < 1.29 is 9.69 Å². The average molecular weight is 403 g/mol. The van der Waals surface area contributed by atoms with E-state index in [2.05, 4.69) is 17.3 Å². The van der Waals surface area contributed by atoms with E-state index in [1.54, 1.807) is 16.7 Å². The Balaban J connectivity index is 1.92. The van der Waals surface area contributed by atoms with Gasteiger partial charge in [0.1, 0.15) is 15.8 Å². The first-order valence-electron chi connectivity index (χ1n) is 8.77. The SMILES string of the molecule is Cc1cccn2c(=O)c(/C=C3/SC(=S)NC3=O)c(N3CC[NH+](C)CC3)nc12. The Kier molecular flexibility index (Phi) is 4.75. The molecule has 0 aliphatic carbocycles. The predicted molar refractivity (Wildman–Crippen MR) is 111 cm³/mol. The van der Waals surface area contributed by atoms with Gasteiger partial charge in [-0.25, -0.2) is 4.98 Å². The number of quaternary nitrogens is 1. The van der Waals surface area contributed by atoms with Crippen LogP contribution in [0.3, 0.4) is 0 Å². The molecule has 9 heteroatoms. The number of thioether (sulfide) groups is 1. The molecule has 2 saturated heterocycles. The molecule has 2 aromatic heterocycles. The third kappa shape index (κ3) is 3.38. The molecule has 0 spiro atoms. The summed E-state index contributed by atoms with van der Waals surface area (Å²) in [6.45, 7) is 5.52. The molecule has 0 bridgehead atoms. The summed E-state index contributed by atoms with van der Waals surface area (Å²) < 4.78 is 1.95. The smallest absolute Gasteiger partial charge is 0.267 e. The van der Waals surface area contributed by atoms with Gasteiger partial charge in [-0.3, -0.25) is 14.0 Å². The van der Waals surface area contributed by atoms with Crippen LogP contribution >= 0.6 is 24.0 Å². The second kappa shape index (κ2) is 7.06. The highest BCUT2D eigenvalue weighted by Crippen LogP contribution is 2.28. The molecule has 2 fully saturated rings. The number of amides is 1. The van der Waals surface area contributed by atoms with Crippen LogP contribution in [-0.4, -0.2) is 52.8 Å². The third-order valence-electron chi connectivity index (χ3n) is 4.90. The van der Waals surface area contributed by atoms with Crippen LogP contribution in [0.25, 0.3) is 11.7 Å². The zero-order chi connectivity index (χ0) is 19.1. The number of carbonyl (C=O) groups excluding carboxylic acids is 1. The van der Waals surface area contributed by atoms with Crippen molar-refractivity contribution in [1.29, 1.82) is 0 Å². The van der Waals surface area contributed by atoms with Crippen molar-refractivity contribution in [2.45, 2.75) is 6.92 Å². The lowest BCUT2D eigenvalue weighted by Crippen LogP contribution is -3.12. The van der Waals surface area contributed by atoms with Gasteiger partial charge in [0.25, 0.3) is 11.5 Å². The van der Waals surface area contributed by atoms with Gasteiger partial charge in [0.05, 0.1) is 43.7 Å². The van der Waals surface area contributed by atoms with Gasteiger partial charge in [0.15, 0.2) is 0 Å². The maximum Gasteiger partial charge on any atom is 0.267 e. The lowest BCUT2D eigenvalue weighted by molar-refractivity contribution is -0.880. The summed E-state index contributed by atoms with van der Waals surface area (Å²) in [4.78, 5) is 34.2. The maximum absolute atomic E-state index is 13.3. The van der Waals surface area contributed by atoms with Crippen molar-refractivity contribution in [3.8, 4) is 0 Å². The number of likely N-dealkylation sites (N-methyl/N-ethyl adjacent to an activating group) is 1. The van der Waals surface area contributed by atoms with Crippen molar-refractivity contribution in [3.05, 3.63) is 44.7 Å². The fourth-order valence-corrected chi connectivity index (χ4v) is 4.35. The topological polar surface area (TPSA) is 71.2 Å². The largest absolute Gasteiger partial charge is 0.345 e. The normalized spacial score (nSPS) is 19.9. The number of anilines is 1. The Morgan fingerprint density at radius 3 is 2.74 bits per heavy atom. The van der Waals surface area contributed by atoms with Crippen LogP contribution in [0, 0.1) is 6.92 Å². The van der Waals surface area contributed by atoms with Crippen molar-refractivity contribution in [2.24, 2.45) is 0 Å². The lowest BCUT2D eigenvalue weighted by atomic mass is 10.2. The molecule has 0 saturated carbocycles. The number of thiocarbonyl (C=S) groups is 1. The number of fused-ring (bicyclic) bond motifs is 1. The van der Waals surface area contributed by atoms with Crippen LogP contribution in [-0.2, 0) is 4.79 Å². The van der Waals surface area contributed by atoms with Gasteiger partial charge in [0, 0.05) is 6.20 Å². The molecular weight excluding hydrogens is 382 g/mol. The number of aryl methyl sites for hydroxylation is 1. The minimum absolute atomic E-state index is 0.177. The first-order chi connectivity index (χ1) is 12.9. The molecular formula is C18H20N5O2S2+. The first-order valence-corrected chi connectivity index (χ1v) is 9.99. The first kappa shape index (κ1) is 18.1. The van der Waals surface area contributed by atoms with E-state index in [0.717, 1.165) is 31.7 Å². The van der Waals surface area contributed by atoms with E-state index < -0.39 is 0 Å². The highest BCUT2D eigenvalue weighted by atomic mass is 32.2. The van der Waals surface area contributed by atoms with E-state index in [9.17, 15) is 9.59 Å². The summed E-state index contributed by atoms with van der Waals surface area (Å²) in [6, 6.07) is 3.77. The van der Waals surface area contributed by atoms with E-state index >= 15 is 0 Å². The van der Waals surface area contributed by atoms with Crippen LogP contribution in [0.1, 0.15) is 11.1 Å². The molecule has 0 unspecified atom stereocenters.